The molecule has 0 heterocycles. The molecule has 21 heavy (non-hydrogen) atoms. The molecule has 0 aliphatic heterocycles. The van der Waals surface area contributed by atoms with E-state index in [1.54, 1.807) is 0 Å². The quantitative estimate of drug-likeness (QED) is 0.643. The predicted octanol–water partition coefficient (Wildman–Crippen LogP) is 2.65. The van der Waals surface area contributed by atoms with Crippen LogP contribution >= 0.6 is 0 Å². The Morgan fingerprint density at radius 1 is 0.905 bits per heavy atom. The van der Waals surface area contributed by atoms with E-state index in [9.17, 15) is 14.4 Å². The van der Waals surface area contributed by atoms with Crippen LogP contribution in [-0.4, -0.2) is 17.3 Å². The van der Waals surface area contributed by atoms with Crippen LogP contribution in [0.5, 0.6) is 0 Å². The normalized spacial score (nSPS) is 42.0. The summed E-state index contributed by atoms with van der Waals surface area (Å²) in [4.78, 5) is 38.4. The van der Waals surface area contributed by atoms with Gasteiger partial charge >= 0.3 is 0 Å². The summed E-state index contributed by atoms with van der Waals surface area (Å²) in [6.07, 6.45) is 11.0. The lowest BCUT2D eigenvalue weighted by molar-refractivity contribution is -0.155. The van der Waals surface area contributed by atoms with Crippen LogP contribution in [0.4, 0.5) is 0 Å². The zero-order valence-electron chi connectivity index (χ0n) is 12.1. The van der Waals surface area contributed by atoms with E-state index in [-0.39, 0.29) is 41.0 Å². The van der Waals surface area contributed by atoms with Crippen molar-refractivity contribution in [3.63, 3.8) is 0 Å². The van der Waals surface area contributed by atoms with Gasteiger partial charge in [0.1, 0.15) is 11.6 Å². The van der Waals surface area contributed by atoms with Crippen molar-refractivity contribution in [1.82, 2.24) is 0 Å². The summed E-state index contributed by atoms with van der Waals surface area (Å²) in [6.45, 7) is 0. The molecule has 0 amide bonds. The van der Waals surface area contributed by atoms with Gasteiger partial charge in [-0.3, -0.25) is 14.4 Å². The van der Waals surface area contributed by atoms with E-state index in [2.05, 4.69) is 6.08 Å². The Bertz CT molecular complexity index is 583. The van der Waals surface area contributed by atoms with E-state index in [1.807, 2.05) is 12.2 Å². The zero-order valence-corrected chi connectivity index (χ0v) is 12.1. The molecule has 0 aromatic rings. The largest absolute Gasteiger partial charge is 0.299 e. The van der Waals surface area contributed by atoms with E-state index in [1.165, 1.54) is 0 Å². The highest BCUT2D eigenvalue weighted by molar-refractivity contribution is 6.17. The monoisotopic (exact) mass is 284 g/mol. The maximum absolute atomic E-state index is 12.8. The van der Waals surface area contributed by atoms with Crippen LogP contribution in [-0.2, 0) is 14.4 Å². The minimum absolute atomic E-state index is 0.0528. The smallest absolute Gasteiger partial charge is 0.170 e. The second-order valence-electron chi connectivity index (χ2n) is 6.97. The van der Waals surface area contributed by atoms with Crippen molar-refractivity contribution < 1.29 is 14.4 Å². The van der Waals surface area contributed by atoms with E-state index in [0.29, 0.717) is 6.42 Å². The lowest BCUT2D eigenvalue weighted by Crippen LogP contribution is -2.54. The Morgan fingerprint density at radius 3 is 2.38 bits per heavy atom. The molecule has 0 bridgehead atoms. The summed E-state index contributed by atoms with van der Waals surface area (Å²) in [6, 6.07) is 0. The van der Waals surface area contributed by atoms with Crippen molar-refractivity contribution in [1.29, 1.82) is 0 Å². The number of hydrogen-bond acceptors (Lipinski definition) is 3. The van der Waals surface area contributed by atoms with Crippen molar-refractivity contribution in [2.45, 2.75) is 38.5 Å². The molecule has 5 atom stereocenters. The fourth-order valence-electron chi connectivity index (χ4n) is 4.91. The number of Topliss-reactive ketones (excluding diaryl/α,β-unsaturated/α-hetero) is 3. The zero-order chi connectivity index (χ0) is 14.6. The number of carbonyl (C=O) groups is 3. The van der Waals surface area contributed by atoms with Crippen LogP contribution in [0, 0.1) is 29.6 Å². The molecule has 4 rings (SSSR count). The molecule has 4 aliphatic carbocycles. The minimum Gasteiger partial charge on any atom is -0.299 e. The number of rotatable bonds is 0. The molecule has 110 valence electrons. The van der Waals surface area contributed by atoms with Crippen molar-refractivity contribution >= 4 is 17.3 Å². The van der Waals surface area contributed by atoms with E-state index < -0.39 is 5.92 Å². The SMILES string of the molecule is O=C1C2CCCCC2C(=O)C2C(=O)C3=CC=CCC3CC12. The Kier molecular flexibility index (Phi) is 2.98. The molecule has 4 aliphatic rings. The average Bonchev–Trinajstić information content (AvgIpc) is 2.52. The van der Waals surface area contributed by atoms with Gasteiger partial charge in [0, 0.05) is 17.8 Å². The Hall–Kier alpha value is -1.51. The molecule has 5 unspecified atom stereocenters. The molecule has 0 aromatic carbocycles. The molecule has 0 N–H and O–H groups in total. The van der Waals surface area contributed by atoms with Crippen LogP contribution in [0.2, 0.25) is 0 Å². The molecule has 3 saturated carbocycles. The molecular formula is C18H20O3. The first-order chi connectivity index (χ1) is 10.2. The fourth-order valence-corrected chi connectivity index (χ4v) is 4.91. The summed E-state index contributed by atoms with van der Waals surface area (Å²) in [7, 11) is 0. The number of allylic oxidation sites excluding steroid dienone is 4. The predicted molar refractivity (Wildman–Crippen MR) is 77.4 cm³/mol. The molecule has 3 heteroatoms. The van der Waals surface area contributed by atoms with Crippen molar-refractivity contribution in [3.05, 3.63) is 23.8 Å². The highest BCUT2D eigenvalue weighted by Crippen LogP contribution is 2.48. The summed E-state index contributed by atoms with van der Waals surface area (Å²) in [5, 5.41) is 0. The minimum atomic E-state index is -0.661. The standard InChI is InChI=1S/C18H20O3/c19-16-12-7-3-4-8-13(12)18(21)15-14(16)9-10-5-1-2-6-11(10)17(15)20/h1-2,6,10,12-15H,3-5,7-9H2. The lowest BCUT2D eigenvalue weighted by atomic mass is 9.55. The summed E-state index contributed by atoms with van der Waals surface area (Å²) >= 11 is 0. The Morgan fingerprint density at radius 2 is 1.62 bits per heavy atom. The summed E-state index contributed by atoms with van der Waals surface area (Å²) < 4.78 is 0. The molecule has 0 aromatic heterocycles. The van der Waals surface area contributed by atoms with Gasteiger partial charge in [0.05, 0.1) is 5.92 Å². The van der Waals surface area contributed by atoms with Gasteiger partial charge in [0.2, 0.25) is 0 Å². The van der Waals surface area contributed by atoms with Gasteiger partial charge in [-0.1, -0.05) is 31.1 Å². The van der Waals surface area contributed by atoms with Crippen molar-refractivity contribution in [3.8, 4) is 0 Å². The first-order valence-electron chi connectivity index (χ1n) is 8.17. The third-order valence-electron chi connectivity index (χ3n) is 5.95. The van der Waals surface area contributed by atoms with Gasteiger partial charge < -0.3 is 0 Å². The lowest BCUT2D eigenvalue weighted by Gasteiger charge is -2.45. The van der Waals surface area contributed by atoms with Crippen molar-refractivity contribution in [2.75, 3.05) is 0 Å². The maximum atomic E-state index is 12.8. The van der Waals surface area contributed by atoms with Gasteiger partial charge in [0.15, 0.2) is 5.78 Å². The first-order valence-corrected chi connectivity index (χ1v) is 8.17. The van der Waals surface area contributed by atoms with Gasteiger partial charge in [-0.25, -0.2) is 0 Å². The third-order valence-corrected chi connectivity index (χ3v) is 5.95. The Labute approximate surface area is 124 Å². The number of fused-ring (bicyclic) bond motifs is 3. The molecule has 0 radical (unpaired) electrons. The van der Waals surface area contributed by atoms with Gasteiger partial charge in [-0.2, -0.15) is 0 Å². The van der Waals surface area contributed by atoms with Crippen LogP contribution in [0.15, 0.2) is 23.8 Å². The second kappa shape index (κ2) is 4.75. The number of carbonyl (C=O) groups excluding carboxylic acids is 3. The molecular weight excluding hydrogens is 264 g/mol. The highest BCUT2D eigenvalue weighted by Gasteiger charge is 2.55. The average molecular weight is 284 g/mol. The topological polar surface area (TPSA) is 51.2 Å². The maximum Gasteiger partial charge on any atom is 0.170 e. The van der Waals surface area contributed by atoms with E-state index in [4.69, 9.17) is 0 Å². The van der Waals surface area contributed by atoms with E-state index in [0.717, 1.165) is 37.7 Å². The van der Waals surface area contributed by atoms with Gasteiger partial charge in [-0.15, -0.1) is 0 Å². The second-order valence-corrected chi connectivity index (χ2v) is 6.97. The summed E-state index contributed by atoms with van der Waals surface area (Å²) in [5.41, 5.74) is 0.786. The Balaban J connectivity index is 1.73. The first kappa shape index (κ1) is 13.2. The molecule has 0 spiro atoms. The van der Waals surface area contributed by atoms with Gasteiger partial charge in [-0.05, 0) is 37.2 Å². The number of hydrogen-bond donors (Lipinski definition) is 0. The van der Waals surface area contributed by atoms with Crippen LogP contribution in [0.1, 0.15) is 38.5 Å². The highest BCUT2D eigenvalue weighted by atomic mass is 16.2. The molecule has 3 nitrogen and oxygen atoms in total. The number of ketones is 3. The van der Waals surface area contributed by atoms with E-state index >= 15 is 0 Å². The summed E-state index contributed by atoms with van der Waals surface area (Å²) in [5.74, 6) is -0.875. The van der Waals surface area contributed by atoms with Crippen LogP contribution in [0.25, 0.3) is 0 Å². The van der Waals surface area contributed by atoms with Crippen LogP contribution < -0.4 is 0 Å². The van der Waals surface area contributed by atoms with Gasteiger partial charge in [0.25, 0.3) is 0 Å². The molecule has 0 saturated heterocycles. The fraction of sp³-hybridized carbons (Fsp3) is 0.611. The van der Waals surface area contributed by atoms with Crippen LogP contribution in [0.3, 0.4) is 0 Å². The van der Waals surface area contributed by atoms with Crippen molar-refractivity contribution in [2.24, 2.45) is 29.6 Å². The third kappa shape index (κ3) is 1.82. The molecule has 3 fully saturated rings.